The Labute approximate surface area is 284 Å². The van der Waals surface area contributed by atoms with Gasteiger partial charge in [-0.15, -0.1) is 0 Å². The molecule has 236 valence electrons. The van der Waals surface area contributed by atoms with Gasteiger partial charge in [-0.2, -0.15) is 0 Å². The molecule has 1 aliphatic rings. The van der Waals surface area contributed by atoms with E-state index in [9.17, 15) is 9.59 Å². The van der Waals surface area contributed by atoms with Crippen LogP contribution in [-0.4, -0.2) is 28.8 Å². The minimum atomic E-state index is -0.783. The number of carbonyl (C=O) groups excluding carboxylic acids is 1. The van der Waals surface area contributed by atoms with Gasteiger partial charge in [0.25, 0.3) is 5.56 Å². The van der Waals surface area contributed by atoms with Gasteiger partial charge in [-0.05, 0) is 62.2 Å². The van der Waals surface area contributed by atoms with Gasteiger partial charge in [0.15, 0.2) is 4.80 Å². The average Bonchev–Trinajstić information content (AvgIpc) is 3.50. The SMILES string of the molecule is CCCC1=C(C(=O)OCC)[C@@H](c2cc(Br)ccc2OC)n2c(s/c(=C/c3c(C)n(Cc4ccccc4Cl)c4ccccc34)c2=O)=N1. The van der Waals surface area contributed by atoms with Crippen LogP contribution in [-0.2, 0) is 16.1 Å². The van der Waals surface area contributed by atoms with E-state index in [1.807, 2.05) is 67.6 Å². The Morgan fingerprint density at radius 3 is 2.61 bits per heavy atom. The van der Waals surface area contributed by atoms with Crippen molar-refractivity contribution >= 4 is 61.8 Å². The summed E-state index contributed by atoms with van der Waals surface area (Å²) in [5.74, 6) is 0.0651. The third-order valence-electron chi connectivity index (χ3n) is 8.22. The molecular weight excluding hydrogens is 686 g/mol. The molecule has 3 aromatic carbocycles. The number of halogens is 2. The van der Waals surface area contributed by atoms with Gasteiger partial charge in [0.1, 0.15) is 11.8 Å². The lowest BCUT2D eigenvalue weighted by Crippen LogP contribution is -2.40. The summed E-state index contributed by atoms with van der Waals surface area (Å²) in [7, 11) is 1.58. The maximum atomic E-state index is 14.5. The number of para-hydroxylation sites is 1. The highest BCUT2D eigenvalue weighted by Crippen LogP contribution is 2.38. The summed E-state index contributed by atoms with van der Waals surface area (Å²) in [5, 5.41) is 1.74. The molecule has 2 aromatic heterocycles. The summed E-state index contributed by atoms with van der Waals surface area (Å²) in [6.07, 6.45) is 3.27. The van der Waals surface area contributed by atoms with Crippen molar-refractivity contribution in [3.63, 3.8) is 0 Å². The van der Waals surface area contributed by atoms with Crippen LogP contribution in [0.1, 0.15) is 55.1 Å². The van der Waals surface area contributed by atoms with Crippen LogP contribution in [0, 0.1) is 6.92 Å². The normalized spacial score (nSPS) is 14.8. The van der Waals surface area contributed by atoms with Gasteiger partial charge in [0.05, 0.1) is 29.5 Å². The van der Waals surface area contributed by atoms with Crippen LogP contribution in [0.15, 0.2) is 92.3 Å². The fraction of sp³-hybridized carbons (Fsp3) is 0.250. The van der Waals surface area contributed by atoms with Crippen molar-refractivity contribution in [2.75, 3.05) is 13.7 Å². The fourth-order valence-electron chi connectivity index (χ4n) is 6.11. The first-order valence-electron chi connectivity index (χ1n) is 15.1. The van der Waals surface area contributed by atoms with Gasteiger partial charge in [-0.3, -0.25) is 9.36 Å². The Morgan fingerprint density at radius 1 is 1.11 bits per heavy atom. The lowest BCUT2D eigenvalue weighted by atomic mass is 9.93. The average molecular weight is 719 g/mol. The number of aromatic nitrogens is 2. The number of thiazole rings is 1. The van der Waals surface area contributed by atoms with E-state index in [1.165, 1.54) is 11.3 Å². The third-order valence-corrected chi connectivity index (χ3v) is 10.1. The number of esters is 1. The Kier molecular flexibility index (Phi) is 9.36. The summed E-state index contributed by atoms with van der Waals surface area (Å²) in [6.45, 7) is 6.66. The molecule has 0 unspecified atom stereocenters. The number of allylic oxidation sites excluding steroid dienone is 1. The lowest BCUT2D eigenvalue weighted by molar-refractivity contribution is -0.139. The molecule has 0 aliphatic carbocycles. The van der Waals surface area contributed by atoms with Crippen molar-refractivity contribution in [3.8, 4) is 5.75 Å². The molecule has 3 heterocycles. The summed E-state index contributed by atoms with van der Waals surface area (Å²) < 4.78 is 16.5. The van der Waals surface area contributed by atoms with Gasteiger partial charge < -0.3 is 14.0 Å². The zero-order valence-electron chi connectivity index (χ0n) is 26.0. The molecule has 0 N–H and O–H groups in total. The number of fused-ring (bicyclic) bond motifs is 2. The van der Waals surface area contributed by atoms with Crippen molar-refractivity contribution < 1.29 is 14.3 Å². The van der Waals surface area contributed by atoms with Crippen molar-refractivity contribution in [1.82, 2.24) is 9.13 Å². The Hall–Kier alpha value is -3.92. The number of hydrogen-bond donors (Lipinski definition) is 0. The summed E-state index contributed by atoms with van der Waals surface area (Å²) in [5.41, 5.74) is 5.42. The molecule has 0 amide bonds. The standard InChI is InChI=1S/C36H33BrClN3O4S/c1-5-11-28-32(35(43)45-6-2)33(26-18-23(37)16-17-30(26)44-4)41-34(42)31(46-36(41)39-28)19-25-21(3)40(29-15-10-8-13-24(25)29)20-22-12-7-9-14-27(22)38/h7-10,12-19,33H,5-6,11,20H2,1-4H3/b31-19+/t33-/m1/s1. The fourth-order valence-corrected chi connectivity index (χ4v) is 7.68. The first kappa shape index (κ1) is 32.0. The highest BCUT2D eigenvalue weighted by molar-refractivity contribution is 9.10. The molecule has 6 rings (SSSR count). The number of benzene rings is 3. The molecule has 0 fully saturated rings. The van der Waals surface area contributed by atoms with Crippen LogP contribution in [0.5, 0.6) is 5.75 Å². The molecule has 0 saturated carbocycles. The molecule has 0 spiro atoms. The van der Waals surface area contributed by atoms with Crippen LogP contribution in [0.4, 0.5) is 0 Å². The van der Waals surface area contributed by atoms with Crippen LogP contribution < -0.4 is 19.6 Å². The quantitative estimate of drug-likeness (QED) is 0.150. The van der Waals surface area contributed by atoms with Crippen molar-refractivity contribution in [2.24, 2.45) is 4.99 Å². The maximum absolute atomic E-state index is 14.5. The molecule has 0 radical (unpaired) electrons. The Bertz CT molecular complexity index is 2200. The van der Waals surface area contributed by atoms with Gasteiger partial charge in [-0.1, -0.05) is 88.6 Å². The second-order valence-electron chi connectivity index (χ2n) is 11.0. The van der Waals surface area contributed by atoms with E-state index in [-0.39, 0.29) is 12.2 Å². The first-order chi connectivity index (χ1) is 22.3. The number of nitrogens with zero attached hydrogens (tertiary/aromatic N) is 3. The molecule has 0 saturated heterocycles. The van der Waals surface area contributed by atoms with E-state index in [4.69, 9.17) is 26.1 Å². The van der Waals surface area contributed by atoms with E-state index >= 15 is 0 Å². The lowest BCUT2D eigenvalue weighted by Gasteiger charge is -2.27. The number of ether oxygens (including phenoxy) is 2. The van der Waals surface area contributed by atoms with E-state index < -0.39 is 12.0 Å². The second-order valence-corrected chi connectivity index (χ2v) is 13.3. The Balaban J connectivity index is 1.61. The van der Waals surface area contributed by atoms with Crippen LogP contribution in [0.2, 0.25) is 5.02 Å². The zero-order chi connectivity index (χ0) is 32.5. The van der Waals surface area contributed by atoms with Crippen LogP contribution in [0.25, 0.3) is 17.0 Å². The van der Waals surface area contributed by atoms with E-state index in [1.54, 1.807) is 18.6 Å². The highest BCUT2D eigenvalue weighted by Gasteiger charge is 2.36. The van der Waals surface area contributed by atoms with E-state index in [2.05, 4.69) is 39.6 Å². The second kappa shape index (κ2) is 13.4. The van der Waals surface area contributed by atoms with E-state index in [0.29, 0.717) is 49.9 Å². The monoisotopic (exact) mass is 717 g/mol. The molecule has 5 aromatic rings. The Morgan fingerprint density at radius 2 is 1.87 bits per heavy atom. The molecular formula is C36H33BrClN3O4S. The molecule has 1 aliphatic heterocycles. The predicted octanol–water partition coefficient (Wildman–Crippen LogP) is 7.31. The molecule has 46 heavy (non-hydrogen) atoms. The zero-order valence-corrected chi connectivity index (χ0v) is 29.1. The maximum Gasteiger partial charge on any atom is 0.338 e. The minimum Gasteiger partial charge on any atom is -0.496 e. The minimum absolute atomic E-state index is 0.200. The first-order valence-corrected chi connectivity index (χ1v) is 17.1. The third kappa shape index (κ3) is 5.76. The summed E-state index contributed by atoms with van der Waals surface area (Å²) >= 11 is 11.5. The number of carbonyl (C=O) groups is 1. The molecule has 10 heteroatoms. The highest BCUT2D eigenvalue weighted by atomic mass is 79.9. The molecule has 0 bridgehead atoms. The molecule has 7 nitrogen and oxygen atoms in total. The number of methoxy groups -OCH3 is 1. The van der Waals surface area contributed by atoms with Crippen molar-refractivity contribution in [3.05, 3.63) is 130 Å². The van der Waals surface area contributed by atoms with Gasteiger partial charge >= 0.3 is 5.97 Å². The summed E-state index contributed by atoms with van der Waals surface area (Å²) in [6, 6.07) is 20.8. The number of rotatable bonds is 9. The van der Waals surface area contributed by atoms with Crippen LogP contribution >= 0.6 is 38.9 Å². The largest absolute Gasteiger partial charge is 0.496 e. The van der Waals surface area contributed by atoms with Gasteiger partial charge in [0, 0.05) is 43.8 Å². The van der Waals surface area contributed by atoms with Gasteiger partial charge in [0.2, 0.25) is 0 Å². The van der Waals surface area contributed by atoms with Crippen LogP contribution in [0.3, 0.4) is 0 Å². The summed E-state index contributed by atoms with van der Waals surface area (Å²) in [4.78, 5) is 33.6. The molecule has 1 atom stereocenters. The van der Waals surface area contributed by atoms with Crippen molar-refractivity contribution in [2.45, 2.75) is 46.2 Å². The van der Waals surface area contributed by atoms with Crippen molar-refractivity contribution in [1.29, 1.82) is 0 Å². The van der Waals surface area contributed by atoms with E-state index in [0.717, 1.165) is 38.6 Å². The number of hydrogen-bond acceptors (Lipinski definition) is 6. The predicted molar refractivity (Wildman–Crippen MR) is 188 cm³/mol. The topological polar surface area (TPSA) is 74.8 Å². The van der Waals surface area contributed by atoms with Gasteiger partial charge in [-0.25, -0.2) is 9.79 Å². The smallest absolute Gasteiger partial charge is 0.338 e.